The summed E-state index contributed by atoms with van der Waals surface area (Å²) in [5.41, 5.74) is 6.77. The number of nitrogen functional groups attached to an aromatic ring is 1. The van der Waals surface area contributed by atoms with Crippen molar-refractivity contribution in [2.24, 2.45) is 0 Å². The van der Waals surface area contributed by atoms with Gasteiger partial charge < -0.3 is 15.2 Å². The Balaban J connectivity index is 2.08. The minimum atomic E-state index is 0.617. The second-order valence-electron chi connectivity index (χ2n) is 3.84. The van der Waals surface area contributed by atoms with Gasteiger partial charge in [-0.2, -0.15) is 0 Å². The van der Waals surface area contributed by atoms with Crippen LogP contribution in [0.2, 0.25) is 0 Å². The van der Waals surface area contributed by atoms with Gasteiger partial charge in [-0.25, -0.2) is 4.98 Å². The number of hydrogen-bond donors (Lipinski definition) is 1. The Bertz CT molecular complexity index is 525. The van der Waals surface area contributed by atoms with Gasteiger partial charge in [0.15, 0.2) is 5.13 Å². The van der Waals surface area contributed by atoms with E-state index in [4.69, 9.17) is 15.2 Å². The molecule has 4 nitrogen and oxygen atoms in total. The first-order valence-corrected chi connectivity index (χ1v) is 6.45. The smallest absolute Gasteiger partial charge is 0.180 e. The van der Waals surface area contributed by atoms with E-state index in [1.807, 2.05) is 24.4 Å². The van der Waals surface area contributed by atoms with E-state index in [0.29, 0.717) is 5.13 Å². The molecule has 2 N–H and O–H groups in total. The number of methoxy groups -OCH3 is 2. The zero-order valence-electron chi connectivity index (χ0n) is 10.5. The number of rotatable bonds is 5. The molecule has 0 unspecified atom stereocenters. The Morgan fingerprint density at radius 3 is 2.67 bits per heavy atom. The number of hydrogen-bond acceptors (Lipinski definition) is 5. The van der Waals surface area contributed by atoms with Crippen LogP contribution in [0.4, 0.5) is 5.13 Å². The molecule has 96 valence electrons. The van der Waals surface area contributed by atoms with Crippen molar-refractivity contribution in [2.45, 2.75) is 12.8 Å². The van der Waals surface area contributed by atoms with Gasteiger partial charge in [0.25, 0.3) is 0 Å². The summed E-state index contributed by atoms with van der Waals surface area (Å²) >= 11 is 1.53. The maximum Gasteiger partial charge on any atom is 0.180 e. The maximum absolute atomic E-state index is 5.61. The fourth-order valence-electron chi connectivity index (χ4n) is 1.75. The van der Waals surface area contributed by atoms with Gasteiger partial charge in [0, 0.05) is 17.1 Å². The molecule has 0 saturated heterocycles. The van der Waals surface area contributed by atoms with Gasteiger partial charge >= 0.3 is 0 Å². The quantitative estimate of drug-likeness (QED) is 0.901. The highest BCUT2D eigenvalue weighted by Crippen LogP contribution is 2.26. The fraction of sp³-hybridized carbons (Fsp3) is 0.308. The van der Waals surface area contributed by atoms with Gasteiger partial charge in [-0.05, 0) is 24.5 Å². The average Bonchev–Trinajstić information content (AvgIpc) is 2.82. The van der Waals surface area contributed by atoms with Crippen LogP contribution in [0, 0.1) is 0 Å². The zero-order valence-corrected chi connectivity index (χ0v) is 11.3. The van der Waals surface area contributed by atoms with E-state index >= 15 is 0 Å². The number of thiazole rings is 1. The minimum Gasteiger partial charge on any atom is -0.497 e. The summed E-state index contributed by atoms with van der Waals surface area (Å²) in [7, 11) is 3.32. The number of benzene rings is 1. The number of ether oxygens (including phenoxy) is 2. The van der Waals surface area contributed by atoms with Crippen molar-refractivity contribution >= 4 is 16.5 Å². The Hall–Kier alpha value is -1.75. The molecule has 1 aromatic heterocycles. The lowest BCUT2D eigenvalue weighted by atomic mass is 10.1. The summed E-state index contributed by atoms with van der Waals surface area (Å²) in [4.78, 5) is 5.23. The molecule has 0 aliphatic heterocycles. The number of aryl methyl sites for hydroxylation is 2. The van der Waals surface area contributed by atoms with Gasteiger partial charge in [0.05, 0.1) is 14.2 Å². The highest BCUT2D eigenvalue weighted by molar-refractivity contribution is 7.15. The largest absolute Gasteiger partial charge is 0.497 e. The summed E-state index contributed by atoms with van der Waals surface area (Å²) < 4.78 is 10.5. The van der Waals surface area contributed by atoms with Crippen molar-refractivity contribution in [3.05, 3.63) is 34.8 Å². The van der Waals surface area contributed by atoms with E-state index in [2.05, 4.69) is 4.98 Å². The molecule has 2 rings (SSSR count). The second-order valence-corrected chi connectivity index (χ2v) is 4.99. The molecule has 0 amide bonds. The van der Waals surface area contributed by atoms with Crippen LogP contribution in [-0.4, -0.2) is 19.2 Å². The normalized spacial score (nSPS) is 10.3. The monoisotopic (exact) mass is 264 g/mol. The molecule has 5 heteroatoms. The standard InChI is InChI=1S/C13H16N2O2S/c1-16-10-5-3-9(12(7-10)17-2)4-6-11-8-15-13(14)18-11/h3,5,7-8H,4,6H2,1-2H3,(H2,14,15). The van der Waals surface area contributed by atoms with Crippen molar-refractivity contribution in [1.29, 1.82) is 0 Å². The molecule has 0 fully saturated rings. The van der Waals surface area contributed by atoms with E-state index in [9.17, 15) is 0 Å². The van der Waals surface area contributed by atoms with Gasteiger partial charge in [0.2, 0.25) is 0 Å². The van der Waals surface area contributed by atoms with Crippen LogP contribution in [-0.2, 0) is 12.8 Å². The number of anilines is 1. The molecule has 1 aromatic carbocycles. The van der Waals surface area contributed by atoms with Gasteiger partial charge in [0.1, 0.15) is 11.5 Å². The molecule has 0 atom stereocenters. The summed E-state index contributed by atoms with van der Waals surface area (Å²) in [5.74, 6) is 1.66. The molecule has 2 aromatic rings. The van der Waals surface area contributed by atoms with E-state index in [-0.39, 0.29) is 0 Å². The first-order chi connectivity index (χ1) is 8.72. The van der Waals surface area contributed by atoms with E-state index in [1.165, 1.54) is 16.2 Å². The Morgan fingerprint density at radius 1 is 1.22 bits per heavy atom. The fourth-order valence-corrected chi connectivity index (χ4v) is 2.44. The number of aromatic nitrogens is 1. The molecule has 1 heterocycles. The van der Waals surface area contributed by atoms with Crippen LogP contribution >= 0.6 is 11.3 Å². The summed E-state index contributed by atoms with van der Waals surface area (Å²) in [6.45, 7) is 0. The van der Waals surface area contributed by atoms with Crippen molar-refractivity contribution < 1.29 is 9.47 Å². The number of nitrogens with two attached hydrogens (primary N) is 1. The van der Waals surface area contributed by atoms with Crippen molar-refractivity contribution in [3.63, 3.8) is 0 Å². The van der Waals surface area contributed by atoms with Crippen LogP contribution in [0.5, 0.6) is 11.5 Å². The van der Waals surface area contributed by atoms with Crippen molar-refractivity contribution in [2.75, 3.05) is 20.0 Å². The molecule has 0 aliphatic carbocycles. The second kappa shape index (κ2) is 5.73. The first-order valence-electron chi connectivity index (χ1n) is 5.64. The Kier molecular flexibility index (Phi) is 4.04. The molecule has 0 aliphatic rings. The minimum absolute atomic E-state index is 0.617. The molecule has 0 radical (unpaired) electrons. The predicted molar refractivity (Wildman–Crippen MR) is 73.5 cm³/mol. The molecule has 18 heavy (non-hydrogen) atoms. The lowest BCUT2D eigenvalue weighted by molar-refractivity contribution is 0.391. The van der Waals surface area contributed by atoms with E-state index in [0.717, 1.165) is 29.9 Å². The number of nitrogens with zero attached hydrogens (tertiary/aromatic N) is 1. The maximum atomic E-state index is 5.61. The SMILES string of the molecule is COc1ccc(CCc2cnc(N)s2)c(OC)c1. The van der Waals surface area contributed by atoms with Gasteiger partial charge in [-0.1, -0.05) is 6.07 Å². The predicted octanol–water partition coefficient (Wildman–Crippen LogP) is 2.53. The Morgan fingerprint density at radius 2 is 2.06 bits per heavy atom. The summed E-state index contributed by atoms with van der Waals surface area (Å²) in [5, 5.41) is 0.617. The topological polar surface area (TPSA) is 57.4 Å². The molecule has 0 spiro atoms. The van der Waals surface area contributed by atoms with Gasteiger partial charge in [-0.15, -0.1) is 11.3 Å². The average molecular weight is 264 g/mol. The van der Waals surface area contributed by atoms with E-state index in [1.54, 1.807) is 14.2 Å². The van der Waals surface area contributed by atoms with Crippen LogP contribution in [0.3, 0.4) is 0 Å². The van der Waals surface area contributed by atoms with Crippen molar-refractivity contribution in [1.82, 2.24) is 4.98 Å². The highest BCUT2D eigenvalue weighted by Gasteiger charge is 2.06. The lowest BCUT2D eigenvalue weighted by Crippen LogP contribution is -1.95. The third-order valence-electron chi connectivity index (χ3n) is 2.71. The van der Waals surface area contributed by atoms with Crippen LogP contribution < -0.4 is 15.2 Å². The molecular formula is C13H16N2O2S. The van der Waals surface area contributed by atoms with Crippen LogP contribution in [0.25, 0.3) is 0 Å². The van der Waals surface area contributed by atoms with E-state index < -0.39 is 0 Å². The van der Waals surface area contributed by atoms with Crippen LogP contribution in [0.1, 0.15) is 10.4 Å². The molecule has 0 bridgehead atoms. The van der Waals surface area contributed by atoms with Crippen LogP contribution in [0.15, 0.2) is 24.4 Å². The zero-order chi connectivity index (χ0) is 13.0. The third kappa shape index (κ3) is 2.92. The third-order valence-corrected chi connectivity index (χ3v) is 3.59. The molecule has 0 saturated carbocycles. The van der Waals surface area contributed by atoms with Gasteiger partial charge in [-0.3, -0.25) is 0 Å². The highest BCUT2D eigenvalue weighted by atomic mass is 32.1. The summed E-state index contributed by atoms with van der Waals surface area (Å²) in [6.07, 6.45) is 3.64. The first kappa shape index (κ1) is 12.7. The van der Waals surface area contributed by atoms with Crippen molar-refractivity contribution in [3.8, 4) is 11.5 Å². The lowest BCUT2D eigenvalue weighted by Gasteiger charge is -2.09. The molecular weight excluding hydrogens is 248 g/mol. The Labute approximate surface area is 110 Å². The summed E-state index contributed by atoms with van der Waals surface area (Å²) in [6, 6.07) is 5.87.